The molecule has 0 fully saturated rings. The molecule has 4 rings (SSSR count). The standard InChI is InChI=1S/C24H23ClF3N5/c1-4-10-32(14-17-8-6-5-7-9-17)20-11-15(2)30-23-21(16(3)31-33(20)23)22-19(25)12-18(13-29-22)24(26,27)28/h5-9,11-13H,4,10,14H2,1-3H3. The van der Waals surface area contributed by atoms with Gasteiger partial charge in [0.15, 0.2) is 5.65 Å². The van der Waals surface area contributed by atoms with Crippen LogP contribution in [0.4, 0.5) is 19.0 Å². The number of alkyl halides is 3. The van der Waals surface area contributed by atoms with Gasteiger partial charge in [-0.3, -0.25) is 4.98 Å². The zero-order valence-electron chi connectivity index (χ0n) is 18.5. The Hall–Kier alpha value is -3.13. The van der Waals surface area contributed by atoms with Crippen molar-refractivity contribution in [2.24, 2.45) is 0 Å². The summed E-state index contributed by atoms with van der Waals surface area (Å²) < 4.78 is 41.0. The van der Waals surface area contributed by atoms with Crippen molar-refractivity contribution in [3.8, 4) is 11.3 Å². The molecule has 0 aliphatic rings. The number of hydrogen-bond acceptors (Lipinski definition) is 4. The summed E-state index contributed by atoms with van der Waals surface area (Å²) in [5.74, 6) is 0.848. The molecule has 0 bridgehead atoms. The number of hydrogen-bond donors (Lipinski definition) is 0. The van der Waals surface area contributed by atoms with Crippen molar-refractivity contribution in [1.29, 1.82) is 0 Å². The SMILES string of the molecule is CCCN(Cc1ccccc1)c1cc(C)nc2c(-c3ncc(C(F)(F)F)cc3Cl)c(C)nn12. The van der Waals surface area contributed by atoms with E-state index >= 15 is 0 Å². The van der Waals surface area contributed by atoms with Crippen LogP contribution in [0.1, 0.15) is 35.9 Å². The summed E-state index contributed by atoms with van der Waals surface area (Å²) in [6, 6.07) is 13.0. The highest BCUT2D eigenvalue weighted by molar-refractivity contribution is 6.33. The molecule has 0 amide bonds. The highest BCUT2D eigenvalue weighted by atomic mass is 35.5. The Morgan fingerprint density at radius 1 is 1.09 bits per heavy atom. The molecule has 0 aliphatic carbocycles. The molecule has 1 aromatic carbocycles. The van der Waals surface area contributed by atoms with Crippen LogP contribution < -0.4 is 4.90 Å². The summed E-state index contributed by atoms with van der Waals surface area (Å²) in [4.78, 5) is 10.9. The fraction of sp³-hybridized carbons (Fsp3) is 0.292. The number of pyridine rings is 1. The van der Waals surface area contributed by atoms with Gasteiger partial charge in [-0.25, -0.2) is 4.98 Å². The molecule has 3 aromatic heterocycles. The van der Waals surface area contributed by atoms with Gasteiger partial charge in [-0.1, -0.05) is 48.9 Å². The van der Waals surface area contributed by atoms with Crippen LogP contribution in [0.15, 0.2) is 48.7 Å². The smallest absolute Gasteiger partial charge is 0.352 e. The predicted molar refractivity (Wildman–Crippen MR) is 123 cm³/mol. The van der Waals surface area contributed by atoms with Crippen LogP contribution in [0.5, 0.6) is 0 Å². The monoisotopic (exact) mass is 473 g/mol. The maximum absolute atomic E-state index is 13.1. The van der Waals surface area contributed by atoms with Crippen molar-refractivity contribution >= 4 is 23.1 Å². The number of fused-ring (bicyclic) bond motifs is 1. The van der Waals surface area contributed by atoms with Gasteiger partial charge in [-0.15, -0.1) is 0 Å². The van der Waals surface area contributed by atoms with Gasteiger partial charge in [0, 0.05) is 31.0 Å². The highest BCUT2D eigenvalue weighted by Gasteiger charge is 2.32. The van der Waals surface area contributed by atoms with Crippen LogP contribution in [0.2, 0.25) is 5.02 Å². The van der Waals surface area contributed by atoms with Crippen molar-refractivity contribution in [1.82, 2.24) is 19.6 Å². The number of aromatic nitrogens is 4. The van der Waals surface area contributed by atoms with Gasteiger partial charge in [0.1, 0.15) is 5.82 Å². The number of nitrogens with zero attached hydrogens (tertiary/aromatic N) is 5. The van der Waals surface area contributed by atoms with E-state index in [-0.39, 0.29) is 10.7 Å². The topological polar surface area (TPSA) is 46.3 Å². The molecule has 0 radical (unpaired) electrons. The Balaban J connectivity index is 1.86. The Morgan fingerprint density at radius 3 is 2.45 bits per heavy atom. The van der Waals surface area contributed by atoms with Crippen LogP contribution in [0.3, 0.4) is 0 Å². The number of aryl methyl sites for hydroxylation is 2. The molecule has 3 heterocycles. The first-order valence-electron chi connectivity index (χ1n) is 10.6. The van der Waals surface area contributed by atoms with E-state index in [2.05, 4.69) is 39.0 Å². The third-order valence-corrected chi connectivity index (χ3v) is 5.60. The molecule has 0 spiro atoms. The van der Waals surface area contributed by atoms with E-state index in [1.807, 2.05) is 31.2 Å². The Morgan fingerprint density at radius 2 is 1.82 bits per heavy atom. The van der Waals surface area contributed by atoms with Gasteiger partial charge in [-0.05, 0) is 31.9 Å². The molecular weight excluding hydrogens is 451 g/mol. The van der Waals surface area contributed by atoms with Crippen molar-refractivity contribution in [2.75, 3.05) is 11.4 Å². The van der Waals surface area contributed by atoms with Crippen molar-refractivity contribution < 1.29 is 13.2 Å². The number of halogens is 4. The van der Waals surface area contributed by atoms with Gasteiger partial charge in [-0.2, -0.15) is 22.8 Å². The summed E-state index contributed by atoms with van der Waals surface area (Å²) in [7, 11) is 0. The van der Waals surface area contributed by atoms with Crippen LogP contribution in [-0.2, 0) is 12.7 Å². The van der Waals surface area contributed by atoms with Crippen LogP contribution in [0, 0.1) is 13.8 Å². The third kappa shape index (κ3) is 4.66. The molecule has 0 aliphatic heterocycles. The Bertz CT molecular complexity index is 1280. The lowest BCUT2D eigenvalue weighted by molar-refractivity contribution is -0.137. The molecule has 0 atom stereocenters. The molecule has 0 saturated carbocycles. The summed E-state index contributed by atoms with van der Waals surface area (Å²) >= 11 is 6.26. The summed E-state index contributed by atoms with van der Waals surface area (Å²) in [5, 5.41) is 4.58. The molecule has 4 aromatic rings. The lowest BCUT2D eigenvalue weighted by Gasteiger charge is -2.25. The van der Waals surface area contributed by atoms with E-state index in [1.165, 1.54) is 0 Å². The van der Waals surface area contributed by atoms with Gasteiger partial charge in [0.05, 0.1) is 27.5 Å². The molecule has 0 saturated heterocycles. The molecule has 172 valence electrons. The maximum Gasteiger partial charge on any atom is 0.417 e. The average molecular weight is 474 g/mol. The fourth-order valence-electron chi connectivity index (χ4n) is 3.85. The summed E-state index contributed by atoms with van der Waals surface area (Å²) in [5.41, 5.74) is 2.86. The first kappa shape index (κ1) is 23.0. The molecule has 0 unspecified atom stereocenters. The van der Waals surface area contributed by atoms with Gasteiger partial charge < -0.3 is 4.90 Å². The first-order valence-corrected chi connectivity index (χ1v) is 11.0. The minimum absolute atomic E-state index is 0.0950. The lowest BCUT2D eigenvalue weighted by Crippen LogP contribution is -2.26. The minimum atomic E-state index is -4.52. The fourth-order valence-corrected chi connectivity index (χ4v) is 4.11. The van der Waals surface area contributed by atoms with Crippen molar-refractivity contribution in [2.45, 2.75) is 39.9 Å². The predicted octanol–water partition coefficient (Wildman–Crippen LogP) is 6.50. The summed E-state index contributed by atoms with van der Waals surface area (Å²) in [6.45, 7) is 7.24. The minimum Gasteiger partial charge on any atom is -0.352 e. The van der Waals surface area contributed by atoms with Crippen LogP contribution >= 0.6 is 11.6 Å². The van der Waals surface area contributed by atoms with E-state index in [1.54, 1.807) is 11.4 Å². The Labute approximate surface area is 194 Å². The zero-order chi connectivity index (χ0) is 23.8. The van der Waals surface area contributed by atoms with E-state index < -0.39 is 11.7 Å². The quantitative estimate of drug-likeness (QED) is 0.321. The summed E-state index contributed by atoms with van der Waals surface area (Å²) in [6.07, 6.45) is -2.81. The number of rotatable bonds is 6. The molecule has 5 nitrogen and oxygen atoms in total. The van der Waals surface area contributed by atoms with Crippen LogP contribution in [0.25, 0.3) is 16.9 Å². The normalized spacial score (nSPS) is 11.8. The molecule has 9 heteroatoms. The van der Waals surface area contributed by atoms with Crippen LogP contribution in [-0.4, -0.2) is 26.1 Å². The van der Waals surface area contributed by atoms with E-state index in [9.17, 15) is 13.2 Å². The zero-order valence-corrected chi connectivity index (χ0v) is 19.2. The van der Waals surface area contributed by atoms with E-state index in [4.69, 9.17) is 11.6 Å². The average Bonchev–Trinajstić information content (AvgIpc) is 3.08. The number of benzene rings is 1. The lowest BCUT2D eigenvalue weighted by atomic mass is 10.1. The second-order valence-electron chi connectivity index (χ2n) is 7.91. The molecule has 33 heavy (non-hydrogen) atoms. The number of anilines is 1. The first-order chi connectivity index (χ1) is 15.7. The van der Waals surface area contributed by atoms with Gasteiger partial charge in [0.25, 0.3) is 0 Å². The van der Waals surface area contributed by atoms with E-state index in [0.717, 1.165) is 42.3 Å². The van der Waals surface area contributed by atoms with Crippen molar-refractivity contribution in [3.05, 3.63) is 76.2 Å². The third-order valence-electron chi connectivity index (χ3n) is 5.31. The van der Waals surface area contributed by atoms with Gasteiger partial charge >= 0.3 is 6.18 Å². The molecule has 0 N–H and O–H groups in total. The second-order valence-corrected chi connectivity index (χ2v) is 8.32. The largest absolute Gasteiger partial charge is 0.417 e. The van der Waals surface area contributed by atoms with Crippen molar-refractivity contribution in [3.63, 3.8) is 0 Å². The highest BCUT2D eigenvalue weighted by Crippen LogP contribution is 2.37. The second kappa shape index (κ2) is 9.02. The Kier molecular flexibility index (Phi) is 6.30. The maximum atomic E-state index is 13.1. The van der Waals surface area contributed by atoms with E-state index in [0.29, 0.717) is 23.4 Å². The van der Waals surface area contributed by atoms with Gasteiger partial charge in [0.2, 0.25) is 0 Å². The molecular formula is C24H23ClF3N5.